The van der Waals surface area contributed by atoms with Crippen molar-refractivity contribution in [3.63, 3.8) is 0 Å². The molecule has 0 amide bonds. The maximum Gasteiger partial charge on any atom is 0.231 e. The lowest BCUT2D eigenvalue weighted by Gasteiger charge is -2.25. The molecule has 1 N–H and O–H groups in total. The fourth-order valence-electron chi connectivity index (χ4n) is 2.12. The summed E-state index contributed by atoms with van der Waals surface area (Å²) in [7, 11) is 0. The Balaban J connectivity index is 0.000000292. The smallest absolute Gasteiger partial charge is 0.222 e. The number of carbonyl (C=O) groups excluding carboxylic acids is 1. The highest BCUT2D eigenvalue weighted by atomic mass is 16.1. The minimum absolute atomic E-state index is 0.750. The van der Waals surface area contributed by atoms with E-state index in [-0.39, 0.29) is 0 Å². The van der Waals surface area contributed by atoms with Gasteiger partial charge in [-0.25, -0.2) is 10.2 Å². The van der Waals surface area contributed by atoms with E-state index in [0.717, 1.165) is 6.08 Å². The second-order valence-electron chi connectivity index (χ2n) is 3.65. The van der Waals surface area contributed by atoms with Crippen molar-refractivity contribution >= 4 is 6.08 Å². The minimum Gasteiger partial charge on any atom is -0.222 e. The van der Waals surface area contributed by atoms with Crippen LogP contribution in [0.25, 0.3) is 22.3 Å². The van der Waals surface area contributed by atoms with Crippen LogP contribution < -0.4 is 0 Å². The highest BCUT2D eigenvalue weighted by Crippen LogP contribution is 2.48. The summed E-state index contributed by atoms with van der Waals surface area (Å²) in [5, 5.41) is 5.40. The van der Waals surface area contributed by atoms with Gasteiger partial charge < -0.3 is 0 Å². The van der Waals surface area contributed by atoms with Gasteiger partial charge in [-0.3, -0.25) is 0 Å². The molecule has 1 aliphatic rings. The van der Waals surface area contributed by atoms with Crippen molar-refractivity contribution in [2.75, 3.05) is 0 Å². The summed E-state index contributed by atoms with van der Waals surface area (Å²) in [6.07, 6.45) is 0.750. The molecule has 0 aliphatic heterocycles. The third-order valence-electron chi connectivity index (χ3n) is 2.76. The van der Waals surface area contributed by atoms with Gasteiger partial charge in [-0.15, -0.1) is 0 Å². The van der Waals surface area contributed by atoms with E-state index in [0.29, 0.717) is 0 Å². The predicted molar refractivity (Wildman–Crippen MR) is 64.0 cm³/mol. The summed E-state index contributed by atoms with van der Waals surface area (Å²) in [5.41, 5.74) is 7.06. The first kappa shape index (κ1) is 10.3. The Bertz CT molecular complexity index is 567. The summed E-state index contributed by atoms with van der Waals surface area (Å²) in [5.74, 6) is 0. The molecule has 0 spiro atoms. The van der Waals surface area contributed by atoms with Crippen LogP contribution in [0.5, 0.6) is 0 Å². The second-order valence-corrected chi connectivity index (χ2v) is 3.65. The number of hydrogen-bond acceptors (Lipinski definition) is 2. The topological polar surface area (TPSA) is 40.9 Å². The number of isocyanates is 1. The van der Waals surface area contributed by atoms with Crippen LogP contribution in [-0.4, -0.2) is 6.08 Å². The monoisotopic (exact) mass is 209 g/mol. The third-order valence-corrected chi connectivity index (χ3v) is 2.76. The maximum absolute atomic E-state index is 8.35. The van der Waals surface area contributed by atoms with E-state index in [4.69, 9.17) is 10.2 Å². The zero-order valence-corrected chi connectivity index (χ0v) is 8.95. The van der Waals surface area contributed by atoms with Crippen LogP contribution in [0.15, 0.2) is 42.5 Å². The van der Waals surface area contributed by atoms with Crippen LogP contribution in [0.2, 0.25) is 0 Å². The first-order valence-corrected chi connectivity index (χ1v) is 5.03. The minimum atomic E-state index is 0.750. The summed E-state index contributed by atoms with van der Waals surface area (Å²) >= 11 is 0. The summed E-state index contributed by atoms with van der Waals surface area (Å²) in [6.45, 7) is 2.18. The molecule has 0 radical (unpaired) electrons. The summed E-state index contributed by atoms with van der Waals surface area (Å²) < 4.78 is 0. The predicted octanol–water partition coefficient (Wildman–Crippen LogP) is 3.54. The number of hydrogen-bond donors (Lipinski definition) is 1. The maximum atomic E-state index is 8.35. The number of rotatable bonds is 0. The first-order valence-electron chi connectivity index (χ1n) is 5.03. The van der Waals surface area contributed by atoms with Crippen LogP contribution in [0.1, 0.15) is 5.56 Å². The van der Waals surface area contributed by atoms with Gasteiger partial charge in [0.15, 0.2) is 0 Å². The average Bonchev–Trinajstić information content (AvgIpc) is 2.26. The highest BCUT2D eigenvalue weighted by molar-refractivity contribution is 6.03. The quantitative estimate of drug-likeness (QED) is 0.446. The molecular weight excluding hydrogens is 198 g/mol. The van der Waals surface area contributed by atoms with E-state index in [1.165, 1.54) is 27.8 Å². The van der Waals surface area contributed by atoms with Gasteiger partial charge in [0, 0.05) is 0 Å². The summed E-state index contributed by atoms with van der Waals surface area (Å²) in [4.78, 5) is 8.35. The van der Waals surface area contributed by atoms with Crippen LogP contribution in [0.3, 0.4) is 0 Å². The molecule has 1 aliphatic carbocycles. The molecule has 2 heteroatoms. The molecule has 0 fully saturated rings. The Labute approximate surface area is 94.1 Å². The third kappa shape index (κ3) is 1.46. The van der Waals surface area contributed by atoms with E-state index in [1.807, 2.05) is 0 Å². The zero-order chi connectivity index (χ0) is 11.5. The molecule has 0 saturated heterocycles. The van der Waals surface area contributed by atoms with Crippen molar-refractivity contribution in [1.29, 1.82) is 5.41 Å². The number of aryl methyl sites for hydroxylation is 1. The van der Waals surface area contributed by atoms with Gasteiger partial charge in [-0.05, 0) is 34.7 Å². The zero-order valence-electron chi connectivity index (χ0n) is 8.95. The van der Waals surface area contributed by atoms with E-state index < -0.39 is 0 Å². The first-order chi connectivity index (χ1) is 7.79. The van der Waals surface area contributed by atoms with Crippen LogP contribution in [-0.2, 0) is 4.79 Å². The van der Waals surface area contributed by atoms with Gasteiger partial charge in [0.25, 0.3) is 0 Å². The highest BCUT2D eigenvalue weighted by Gasteiger charge is 2.22. The van der Waals surface area contributed by atoms with E-state index in [2.05, 4.69) is 49.4 Å². The molecule has 16 heavy (non-hydrogen) atoms. The lowest BCUT2D eigenvalue weighted by Crippen LogP contribution is -1.99. The van der Waals surface area contributed by atoms with Crippen molar-refractivity contribution in [3.8, 4) is 22.3 Å². The van der Waals surface area contributed by atoms with Crippen molar-refractivity contribution < 1.29 is 4.79 Å². The number of fused-ring (bicyclic) bond motifs is 4. The molecule has 0 atom stereocenters. The molecule has 3 rings (SSSR count). The lowest BCUT2D eigenvalue weighted by atomic mass is 9.78. The molecule has 0 heterocycles. The van der Waals surface area contributed by atoms with Crippen molar-refractivity contribution in [2.45, 2.75) is 6.92 Å². The second kappa shape index (κ2) is 4.13. The average molecular weight is 209 g/mol. The fraction of sp³-hybridized carbons (Fsp3) is 0.0714. The molecule has 2 aromatic rings. The van der Waals surface area contributed by atoms with Crippen molar-refractivity contribution in [3.05, 3.63) is 48.0 Å². The van der Waals surface area contributed by atoms with Crippen molar-refractivity contribution in [1.82, 2.24) is 0 Å². The van der Waals surface area contributed by atoms with Crippen LogP contribution in [0, 0.1) is 12.3 Å². The molecule has 0 saturated carbocycles. The van der Waals surface area contributed by atoms with Crippen LogP contribution >= 0.6 is 0 Å². The van der Waals surface area contributed by atoms with E-state index in [9.17, 15) is 0 Å². The molecule has 0 aromatic heterocycles. The Morgan fingerprint density at radius 1 is 0.938 bits per heavy atom. The normalized spacial score (nSPS) is 9.81. The standard InChI is InChI=1S/C13H10.CHNO/c1-9-5-4-8-12-10-6-2-3-7-11(10)13(9)12;2-1-3/h2-8H,1H3;2H. The Morgan fingerprint density at radius 3 is 2.19 bits per heavy atom. The molecular formula is C14H11NO. The fourth-order valence-corrected chi connectivity index (χ4v) is 2.12. The largest absolute Gasteiger partial charge is 0.231 e. The van der Waals surface area contributed by atoms with Gasteiger partial charge in [0.2, 0.25) is 6.08 Å². The number of benzene rings is 2. The van der Waals surface area contributed by atoms with E-state index in [1.54, 1.807) is 0 Å². The molecule has 78 valence electrons. The van der Waals surface area contributed by atoms with Gasteiger partial charge in [-0.1, -0.05) is 42.5 Å². The van der Waals surface area contributed by atoms with Gasteiger partial charge in [0.1, 0.15) is 0 Å². The molecule has 2 aromatic carbocycles. The lowest BCUT2D eigenvalue weighted by molar-refractivity contribution is 0.563. The van der Waals surface area contributed by atoms with Gasteiger partial charge in [-0.2, -0.15) is 0 Å². The van der Waals surface area contributed by atoms with Gasteiger partial charge in [0.05, 0.1) is 0 Å². The Morgan fingerprint density at radius 2 is 1.50 bits per heavy atom. The molecule has 0 unspecified atom stereocenters. The van der Waals surface area contributed by atoms with Crippen molar-refractivity contribution in [2.24, 2.45) is 0 Å². The SMILES string of the molecule is Cc1cccc2c1-c1ccccc1-2.N=C=O. The Kier molecular flexibility index (Phi) is 2.67. The molecule has 2 nitrogen and oxygen atoms in total. The molecule has 0 bridgehead atoms. The van der Waals surface area contributed by atoms with Crippen LogP contribution in [0.4, 0.5) is 0 Å². The number of nitrogens with one attached hydrogen (secondary N) is 1. The Hall–Kier alpha value is -2.18. The van der Waals surface area contributed by atoms with E-state index >= 15 is 0 Å². The van der Waals surface area contributed by atoms with Gasteiger partial charge >= 0.3 is 0 Å². The summed E-state index contributed by atoms with van der Waals surface area (Å²) in [6, 6.07) is 15.1.